The van der Waals surface area contributed by atoms with Crippen LogP contribution in [0.1, 0.15) is 11.1 Å². The third-order valence-corrected chi connectivity index (χ3v) is 7.90. The summed E-state index contributed by atoms with van der Waals surface area (Å²) in [6.45, 7) is -0.730. The maximum absolute atomic E-state index is 13.9. The van der Waals surface area contributed by atoms with Crippen molar-refractivity contribution in [1.82, 2.24) is 9.73 Å². The number of hydrogen-bond donors (Lipinski definition) is 1. The molecule has 1 N–H and O–H groups in total. The second-order valence-electron chi connectivity index (χ2n) is 6.90. The van der Waals surface area contributed by atoms with E-state index >= 15 is 0 Å². The molecule has 12 heteroatoms. The fourth-order valence-corrected chi connectivity index (χ4v) is 5.00. The van der Waals surface area contributed by atoms with Gasteiger partial charge in [-0.15, -0.1) is 0 Å². The Balaban J connectivity index is 1.84. The highest BCUT2D eigenvalue weighted by molar-refractivity contribution is 9.10. The van der Waals surface area contributed by atoms with Gasteiger partial charge in [0.1, 0.15) is 5.82 Å². The molecule has 0 bridgehead atoms. The first-order chi connectivity index (χ1) is 16.1. The van der Waals surface area contributed by atoms with Crippen molar-refractivity contribution >= 4 is 72.9 Å². The SMILES string of the molecule is O=C(CN(Cc1ccc(Cl)c(Cl)c1)S(=O)(=O)c1ccc(Br)cc1)N/N=C/c1c(F)cccc1Cl. The Morgan fingerprint density at radius 2 is 1.74 bits per heavy atom. The maximum Gasteiger partial charge on any atom is 0.255 e. The van der Waals surface area contributed by atoms with Gasteiger partial charge in [0.15, 0.2) is 0 Å². The van der Waals surface area contributed by atoms with Crippen LogP contribution < -0.4 is 5.43 Å². The number of amides is 1. The molecule has 0 aliphatic heterocycles. The van der Waals surface area contributed by atoms with E-state index in [1.54, 1.807) is 18.2 Å². The molecule has 0 aromatic heterocycles. The van der Waals surface area contributed by atoms with Crippen LogP contribution in [0, 0.1) is 5.82 Å². The van der Waals surface area contributed by atoms with Gasteiger partial charge in [-0.2, -0.15) is 9.41 Å². The molecule has 0 aliphatic rings. The Kier molecular flexibility index (Phi) is 9.08. The predicted molar refractivity (Wildman–Crippen MR) is 135 cm³/mol. The first kappa shape index (κ1) is 26.6. The van der Waals surface area contributed by atoms with Crippen LogP contribution in [-0.2, 0) is 21.4 Å². The van der Waals surface area contributed by atoms with Crippen LogP contribution >= 0.6 is 50.7 Å². The second kappa shape index (κ2) is 11.6. The van der Waals surface area contributed by atoms with Gasteiger partial charge in [0, 0.05) is 16.6 Å². The zero-order chi connectivity index (χ0) is 24.9. The van der Waals surface area contributed by atoms with Crippen molar-refractivity contribution in [2.75, 3.05) is 6.54 Å². The quantitative estimate of drug-likeness (QED) is 0.256. The van der Waals surface area contributed by atoms with E-state index in [0.29, 0.717) is 15.1 Å². The summed E-state index contributed by atoms with van der Waals surface area (Å²) in [5.74, 6) is -1.37. The van der Waals surface area contributed by atoms with Gasteiger partial charge in [-0.05, 0) is 54.1 Å². The first-order valence-corrected chi connectivity index (χ1v) is 12.9. The molecular weight excluding hydrogens is 592 g/mol. The molecule has 0 fully saturated rings. The highest BCUT2D eigenvalue weighted by Crippen LogP contribution is 2.25. The molecule has 0 radical (unpaired) electrons. The van der Waals surface area contributed by atoms with Crippen molar-refractivity contribution in [3.8, 4) is 0 Å². The molecule has 6 nitrogen and oxygen atoms in total. The summed E-state index contributed by atoms with van der Waals surface area (Å²) in [5, 5.41) is 4.37. The van der Waals surface area contributed by atoms with E-state index in [4.69, 9.17) is 34.8 Å². The smallest absolute Gasteiger partial charge is 0.255 e. The average molecular weight is 608 g/mol. The third-order valence-electron chi connectivity index (χ3n) is 4.50. The molecule has 0 saturated carbocycles. The summed E-state index contributed by atoms with van der Waals surface area (Å²) in [6.07, 6.45) is 1.04. The standard InChI is InChI=1S/C22H16BrCl3FN3O3S/c23-15-5-7-16(8-6-15)34(32,33)30(12-14-4-9-19(25)20(26)10-14)13-22(31)29-28-11-17-18(24)2-1-3-21(17)27/h1-11H,12-13H2,(H,29,31)/b28-11+. The summed E-state index contributed by atoms with van der Waals surface area (Å²) in [6, 6.07) is 14.7. The van der Waals surface area contributed by atoms with Crippen molar-refractivity contribution in [2.24, 2.45) is 5.10 Å². The van der Waals surface area contributed by atoms with Gasteiger partial charge in [0.2, 0.25) is 10.0 Å². The Hall–Kier alpha value is -2.01. The number of hydrogen-bond acceptors (Lipinski definition) is 4. The largest absolute Gasteiger partial charge is 0.272 e. The summed E-state index contributed by atoms with van der Waals surface area (Å²) < 4.78 is 42.1. The second-order valence-corrected chi connectivity index (χ2v) is 11.0. The van der Waals surface area contributed by atoms with E-state index in [2.05, 4.69) is 26.5 Å². The number of nitrogens with one attached hydrogen (secondary N) is 1. The number of carbonyl (C=O) groups is 1. The maximum atomic E-state index is 13.9. The van der Waals surface area contributed by atoms with E-state index in [9.17, 15) is 17.6 Å². The van der Waals surface area contributed by atoms with Gasteiger partial charge >= 0.3 is 0 Å². The topological polar surface area (TPSA) is 78.8 Å². The van der Waals surface area contributed by atoms with Gasteiger partial charge in [-0.3, -0.25) is 4.79 Å². The summed E-state index contributed by atoms with van der Waals surface area (Å²) in [5.41, 5.74) is 2.70. The highest BCUT2D eigenvalue weighted by atomic mass is 79.9. The minimum atomic E-state index is -4.08. The molecule has 178 valence electrons. The molecule has 0 spiro atoms. The van der Waals surface area contributed by atoms with Crippen molar-refractivity contribution < 1.29 is 17.6 Å². The Labute approximate surface area is 219 Å². The highest BCUT2D eigenvalue weighted by Gasteiger charge is 2.27. The lowest BCUT2D eigenvalue weighted by Gasteiger charge is -2.22. The molecular formula is C22H16BrCl3FN3O3S. The lowest BCUT2D eigenvalue weighted by atomic mass is 10.2. The summed E-state index contributed by atoms with van der Waals surface area (Å²) in [4.78, 5) is 12.5. The van der Waals surface area contributed by atoms with Crippen LogP contribution in [0.25, 0.3) is 0 Å². The van der Waals surface area contributed by atoms with Gasteiger partial charge in [-0.25, -0.2) is 18.2 Å². The Bertz CT molecular complexity index is 1320. The van der Waals surface area contributed by atoms with Crippen LogP contribution in [-0.4, -0.2) is 31.4 Å². The van der Waals surface area contributed by atoms with Crippen molar-refractivity contribution in [3.05, 3.63) is 97.1 Å². The minimum Gasteiger partial charge on any atom is -0.272 e. The van der Waals surface area contributed by atoms with Crippen molar-refractivity contribution in [2.45, 2.75) is 11.4 Å². The van der Waals surface area contributed by atoms with Crippen molar-refractivity contribution in [3.63, 3.8) is 0 Å². The van der Waals surface area contributed by atoms with Crippen LogP contribution in [0.15, 0.2) is 75.1 Å². The minimum absolute atomic E-state index is 0.00907. The lowest BCUT2D eigenvalue weighted by Crippen LogP contribution is -2.39. The van der Waals surface area contributed by atoms with Crippen LogP contribution in [0.4, 0.5) is 4.39 Å². The van der Waals surface area contributed by atoms with E-state index in [1.807, 2.05) is 0 Å². The number of rotatable bonds is 8. The molecule has 0 heterocycles. The fraction of sp³-hybridized carbons (Fsp3) is 0.0909. The number of nitrogens with zero attached hydrogens (tertiary/aromatic N) is 2. The molecule has 34 heavy (non-hydrogen) atoms. The normalized spacial score (nSPS) is 11.8. The number of halogens is 5. The van der Waals surface area contributed by atoms with Gasteiger partial charge < -0.3 is 0 Å². The van der Waals surface area contributed by atoms with Crippen LogP contribution in [0.5, 0.6) is 0 Å². The van der Waals surface area contributed by atoms with Crippen molar-refractivity contribution in [1.29, 1.82) is 0 Å². The monoisotopic (exact) mass is 605 g/mol. The number of hydrazone groups is 1. The molecule has 0 saturated heterocycles. The summed E-state index contributed by atoms with van der Waals surface area (Å²) in [7, 11) is -4.08. The Morgan fingerprint density at radius 3 is 2.38 bits per heavy atom. The predicted octanol–water partition coefficient (Wildman–Crippen LogP) is 5.89. The van der Waals surface area contributed by atoms with Gasteiger partial charge in [-0.1, -0.05) is 62.9 Å². The lowest BCUT2D eigenvalue weighted by molar-refractivity contribution is -0.121. The van der Waals surface area contributed by atoms with Gasteiger partial charge in [0.05, 0.1) is 32.7 Å². The van der Waals surface area contributed by atoms with E-state index in [0.717, 1.165) is 10.5 Å². The van der Waals surface area contributed by atoms with Crippen LogP contribution in [0.3, 0.4) is 0 Å². The Morgan fingerprint density at radius 1 is 1.03 bits per heavy atom. The molecule has 0 aliphatic carbocycles. The summed E-state index contributed by atoms with van der Waals surface area (Å²) >= 11 is 21.2. The fourth-order valence-electron chi connectivity index (χ4n) is 2.82. The van der Waals surface area contributed by atoms with E-state index in [1.165, 1.54) is 42.5 Å². The number of sulfonamides is 1. The van der Waals surface area contributed by atoms with Crippen LogP contribution in [0.2, 0.25) is 15.1 Å². The molecule has 0 atom stereocenters. The number of carbonyl (C=O) groups excluding carboxylic acids is 1. The van der Waals surface area contributed by atoms with Gasteiger partial charge in [0.25, 0.3) is 5.91 Å². The van der Waals surface area contributed by atoms with E-state index in [-0.39, 0.29) is 27.0 Å². The molecule has 0 unspecified atom stereocenters. The molecule has 1 amide bonds. The zero-order valence-electron chi connectivity index (χ0n) is 17.2. The molecule has 3 rings (SSSR count). The average Bonchev–Trinajstić information content (AvgIpc) is 2.78. The molecule has 3 aromatic carbocycles. The first-order valence-electron chi connectivity index (χ1n) is 9.53. The number of benzene rings is 3. The van der Waals surface area contributed by atoms with E-state index < -0.39 is 28.3 Å². The molecule has 3 aromatic rings. The zero-order valence-corrected chi connectivity index (χ0v) is 21.9. The third kappa shape index (κ3) is 6.78.